The summed E-state index contributed by atoms with van der Waals surface area (Å²) in [6.45, 7) is 0. The van der Waals surface area contributed by atoms with Crippen molar-refractivity contribution in [1.82, 2.24) is 4.89 Å². The van der Waals surface area contributed by atoms with Gasteiger partial charge in [0.05, 0.1) is 0 Å². The Morgan fingerprint density at radius 2 is 2.33 bits per heavy atom. The standard InChI is InChI=1S/C4H4BN/c1-2-4-6-5-3-1/h1-4H. The van der Waals surface area contributed by atoms with E-state index in [0.717, 1.165) is 0 Å². The van der Waals surface area contributed by atoms with Crippen LogP contribution in [-0.4, -0.2) is 11.9 Å². The van der Waals surface area contributed by atoms with Crippen molar-refractivity contribution in [3.63, 3.8) is 0 Å². The fraction of sp³-hybridized carbons (Fsp3) is 0. The van der Waals surface area contributed by atoms with Crippen molar-refractivity contribution in [3.05, 3.63) is 24.3 Å². The van der Waals surface area contributed by atoms with E-state index in [-0.39, 0.29) is 0 Å². The van der Waals surface area contributed by atoms with E-state index < -0.39 is 0 Å². The SMILES string of the molecule is b1ccccn1. The molecule has 0 saturated heterocycles. The van der Waals surface area contributed by atoms with Gasteiger partial charge in [0.2, 0.25) is 0 Å². The minimum absolute atomic E-state index is 1.75. The second kappa shape index (κ2) is 1.70. The monoisotopic (exact) mass is 77.0 g/mol. The molecule has 1 nitrogen and oxygen atoms in total. The molecule has 0 atom stereocenters. The third-order valence-corrected chi connectivity index (χ3v) is 0.566. The number of hydrogen-bond acceptors (Lipinski definition) is 1. The van der Waals surface area contributed by atoms with E-state index >= 15 is 0 Å². The summed E-state index contributed by atoms with van der Waals surface area (Å²) in [6.07, 6.45) is 1.75. The van der Waals surface area contributed by atoms with Gasteiger partial charge in [-0.15, -0.1) is 0 Å². The van der Waals surface area contributed by atoms with Gasteiger partial charge >= 0.3 is 36.2 Å². The van der Waals surface area contributed by atoms with E-state index in [4.69, 9.17) is 0 Å². The zero-order chi connectivity index (χ0) is 4.24. The van der Waals surface area contributed by atoms with Crippen LogP contribution in [0.25, 0.3) is 0 Å². The second-order valence-corrected chi connectivity index (χ2v) is 1.02. The first-order chi connectivity index (χ1) is 3.00. The Bertz CT molecular complexity index is 79.5. The van der Waals surface area contributed by atoms with Crippen LogP contribution in [0.15, 0.2) is 24.3 Å². The van der Waals surface area contributed by atoms with Gasteiger partial charge < -0.3 is 0 Å². The molecule has 0 amide bonds. The molecule has 0 N–H and O–H groups in total. The summed E-state index contributed by atoms with van der Waals surface area (Å²) in [7, 11) is 1.75. The van der Waals surface area contributed by atoms with Crippen LogP contribution in [0.2, 0.25) is 0 Å². The molecule has 2 heteroatoms. The first kappa shape index (κ1) is 3.53. The predicted molar refractivity (Wildman–Crippen MR) is 25.6 cm³/mol. The molecule has 0 spiro atoms. The van der Waals surface area contributed by atoms with E-state index in [1.54, 1.807) is 13.2 Å². The average Bonchev–Trinajstić information content (AvgIpc) is 1.72. The van der Waals surface area contributed by atoms with Gasteiger partial charge in [-0.3, -0.25) is 0 Å². The second-order valence-electron chi connectivity index (χ2n) is 1.02. The molecular formula is C4H4BN. The molecule has 1 rings (SSSR count). The maximum atomic E-state index is 3.78. The van der Waals surface area contributed by atoms with Crippen molar-refractivity contribution in [3.8, 4) is 0 Å². The van der Waals surface area contributed by atoms with Crippen LogP contribution in [0.5, 0.6) is 0 Å². The molecule has 1 aromatic heterocycles. The van der Waals surface area contributed by atoms with Gasteiger partial charge in [-0.05, 0) is 0 Å². The van der Waals surface area contributed by atoms with Crippen molar-refractivity contribution < 1.29 is 0 Å². The van der Waals surface area contributed by atoms with Crippen LogP contribution in [-0.2, 0) is 0 Å². The molecule has 0 aliphatic carbocycles. The van der Waals surface area contributed by atoms with Crippen molar-refractivity contribution in [1.29, 1.82) is 0 Å². The predicted octanol–water partition coefficient (Wildman–Crippen LogP) is 0.420. The summed E-state index contributed by atoms with van der Waals surface area (Å²) in [5.74, 6) is 1.89. The summed E-state index contributed by atoms with van der Waals surface area (Å²) in [6, 6.07) is 3.83. The number of nitrogens with zero attached hydrogens (tertiary/aromatic N) is 1. The quantitative estimate of drug-likeness (QED) is 0.437. The van der Waals surface area contributed by atoms with Gasteiger partial charge in [-0.25, -0.2) is 0 Å². The Labute approximate surface area is 37.3 Å². The van der Waals surface area contributed by atoms with Crippen LogP contribution in [0, 0.1) is 0 Å². The molecule has 6 heavy (non-hydrogen) atoms. The number of hydrogen-bond donors (Lipinski definition) is 0. The first-order valence-corrected chi connectivity index (χ1v) is 1.85. The number of rotatable bonds is 0. The van der Waals surface area contributed by atoms with E-state index in [9.17, 15) is 0 Å². The number of aromatic nitrogens is 1. The Morgan fingerprint density at radius 3 is 2.50 bits per heavy atom. The molecular weight excluding hydrogens is 72.9 g/mol. The molecule has 0 saturated carbocycles. The summed E-state index contributed by atoms with van der Waals surface area (Å²) in [5.41, 5.74) is 0. The molecule has 0 radical (unpaired) electrons. The summed E-state index contributed by atoms with van der Waals surface area (Å²) in [4.78, 5) is 3.78. The Hall–Kier alpha value is -0.655. The average molecular weight is 76.9 g/mol. The van der Waals surface area contributed by atoms with E-state index in [1.807, 2.05) is 18.1 Å². The molecule has 1 aromatic rings. The van der Waals surface area contributed by atoms with Gasteiger partial charge in [0.15, 0.2) is 0 Å². The van der Waals surface area contributed by atoms with Crippen molar-refractivity contribution in [2.75, 3.05) is 0 Å². The zero-order valence-corrected chi connectivity index (χ0v) is 3.33. The molecule has 0 fully saturated rings. The molecule has 0 aromatic carbocycles. The van der Waals surface area contributed by atoms with Crippen LogP contribution < -0.4 is 0 Å². The Morgan fingerprint density at radius 1 is 1.33 bits per heavy atom. The van der Waals surface area contributed by atoms with Crippen molar-refractivity contribution >= 4 is 7.05 Å². The summed E-state index contributed by atoms with van der Waals surface area (Å²) >= 11 is 0. The van der Waals surface area contributed by atoms with Gasteiger partial charge in [0, 0.05) is 0 Å². The van der Waals surface area contributed by atoms with Crippen molar-refractivity contribution in [2.45, 2.75) is 0 Å². The molecule has 28 valence electrons. The fourth-order valence-corrected chi connectivity index (χ4v) is 0.313. The summed E-state index contributed by atoms with van der Waals surface area (Å²) in [5, 5.41) is 0. The minimum atomic E-state index is 1.75. The molecule has 0 aliphatic rings. The van der Waals surface area contributed by atoms with Gasteiger partial charge in [0.1, 0.15) is 0 Å². The van der Waals surface area contributed by atoms with Crippen molar-refractivity contribution in [2.24, 2.45) is 0 Å². The van der Waals surface area contributed by atoms with Crippen LogP contribution in [0.3, 0.4) is 0 Å². The van der Waals surface area contributed by atoms with E-state index in [2.05, 4.69) is 4.89 Å². The Kier molecular flexibility index (Phi) is 1.00. The summed E-state index contributed by atoms with van der Waals surface area (Å²) < 4.78 is 0. The molecule has 0 bridgehead atoms. The van der Waals surface area contributed by atoms with Gasteiger partial charge in [-0.2, -0.15) is 0 Å². The zero-order valence-electron chi connectivity index (χ0n) is 3.33. The van der Waals surface area contributed by atoms with Gasteiger partial charge in [0.25, 0.3) is 0 Å². The van der Waals surface area contributed by atoms with Crippen LogP contribution in [0.4, 0.5) is 0 Å². The first-order valence-electron chi connectivity index (χ1n) is 1.85. The normalized spacial score (nSPS) is 7.33. The fourth-order valence-electron chi connectivity index (χ4n) is 0.313. The molecule has 0 aliphatic heterocycles. The topological polar surface area (TPSA) is 12.9 Å². The third-order valence-electron chi connectivity index (χ3n) is 0.566. The maximum absolute atomic E-state index is 3.78. The third kappa shape index (κ3) is 0.644. The van der Waals surface area contributed by atoms with E-state index in [0.29, 0.717) is 0 Å². The Balaban J connectivity index is 3.00. The van der Waals surface area contributed by atoms with Crippen LogP contribution >= 0.6 is 0 Å². The van der Waals surface area contributed by atoms with Crippen LogP contribution in [0.1, 0.15) is 0 Å². The van der Waals surface area contributed by atoms with Gasteiger partial charge in [-0.1, -0.05) is 0 Å². The molecule has 1 heterocycles. The van der Waals surface area contributed by atoms with E-state index in [1.165, 1.54) is 0 Å². The molecule has 0 unspecified atom stereocenters.